The molecule has 1 rings (SSSR count). The minimum atomic E-state index is -3.56. The Morgan fingerprint density at radius 3 is 2.56 bits per heavy atom. The molecule has 1 heterocycles. The van der Waals surface area contributed by atoms with E-state index >= 15 is 0 Å². The Kier molecular flexibility index (Phi) is 5.53. The average Bonchev–Trinajstić information content (AvgIpc) is 2.47. The van der Waals surface area contributed by atoms with Crippen LogP contribution in [0.25, 0.3) is 0 Å². The molecule has 1 saturated heterocycles. The molecule has 0 bridgehead atoms. The van der Waals surface area contributed by atoms with Crippen molar-refractivity contribution in [3.63, 3.8) is 0 Å². The number of nitrogens with zero attached hydrogens (tertiary/aromatic N) is 2. The Balaban J connectivity index is 2.73. The van der Waals surface area contributed by atoms with E-state index in [1.807, 2.05) is 0 Å². The van der Waals surface area contributed by atoms with E-state index < -0.39 is 20.0 Å². The number of hydrogen-bond acceptors (Lipinski definition) is 5. The van der Waals surface area contributed by atoms with E-state index in [4.69, 9.17) is 5.73 Å². The fourth-order valence-corrected chi connectivity index (χ4v) is 4.60. The van der Waals surface area contributed by atoms with Gasteiger partial charge in [0.25, 0.3) is 10.2 Å². The van der Waals surface area contributed by atoms with Gasteiger partial charge in [-0.15, -0.1) is 0 Å². The molecule has 0 atom stereocenters. The molecule has 1 aliphatic heterocycles. The van der Waals surface area contributed by atoms with Gasteiger partial charge in [0.2, 0.25) is 0 Å². The second-order valence-corrected chi connectivity index (χ2v) is 8.72. The summed E-state index contributed by atoms with van der Waals surface area (Å²) >= 11 is 0. The normalized spacial score (nSPS) is 21.9. The number of rotatable bonds is 5. The predicted octanol–water partition coefficient (Wildman–Crippen LogP) is -1.37. The molecule has 0 aromatic rings. The standard InChI is InChI=1S/C9H21N3O4S2/c1-11(5-2-4-10)18(15,16)12-6-3-8-17(13,14)9-7-12/h2-10H2,1H3. The third-order valence-electron chi connectivity index (χ3n) is 2.91. The Morgan fingerprint density at radius 1 is 1.28 bits per heavy atom. The summed E-state index contributed by atoms with van der Waals surface area (Å²) in [5.74, 6) is -0.0392. The van der Waals surface area contributed by atoms with Crippen LogP contribution in [-0.2, 0) is 20.0 Å². The molecule has 2 N–H and O–H groups in total. The minimum absolute atomic E-state index is 0.0393. The molecule has 108 valence electrons. The van der Waals surface area contributed by atoms with Crippen LogP contribution in [0.15, 0.2) is 0 Å². The van der Waals surface area contributed by atoms with E-state index in [0.717, 1.165) is 0 Å². The number of hydrogen-bond donors (Lipinski definition) is 1. The molecule has 18 heavy (non-hydrogen) atoms. The molecule has 0 aromatic carbocycles. The Morgan fingerprint density at radius 2 is 1.94 bits per heavy atom. The van der Waals surface area contributed by atoms with Crippen molar-refractivity contribution in [2.45, 2.75) is 12.8 Å². The summed E-state index contributed by atoms with van der Waals surface area (Å²) in [6.07, 6.45) is 0.939. The van der Waals surface area contributed by atoms with Gasteiger partial charge in [0.05, 0.1) is 11.5 Å². The molecule has 0 radical (unpaired) electrons. The third-order valence-corrected chi connectivity index (χ3v) is 6.62. The summed E-state index contributed by atoms with van der Waals surface area (Å²) < 4.78 is 49.7. The molecular formula is C9H21N3O4S2. The maximum absolute atomic E-state index is 12.2. The van der Waals surface area contributed by atoms with Crippen LogP contribution in [0.4, 0.5) is 0 Å². The monoisotopic (exact) mass is 299 g/mol. The van der Waals surface area contributed by atoms with Gasteiger partial charge >= 0.3 is 0 Å². The van der Waals surface area contributed by atoms with Crippen molar-refractivity contribution in [1.29, 1.82) is 0 Å². The predicted molar refractivity (Wildman–Crippen MR) is 70.1 cm³/mol. The lowest BCUT2D eigenvalue weighted by atomic mass is 10.4. The molecule has 0 saturated carbocycles. The molecule has 0 unspecified atom stereocenters. The topological polar surface area (TPSA) is 101 Å². The van der Waals surface area contributed by atoms with E-state index in [-0.39, 0.29) is 24.6 Å². The molecule has 1 aliphatic rings. The van der Waals surface area contributed by atoms with Gasteiger partial charge in [-0.05, 0) is 19.4 Å². The second kappa shape index (κ2) is 6.29. The first-order chi connectivity index (χ1) is 8.29. The van der Waals surface area contributed by atoms with Crippen molar-refractivity contribution in [2.24, 2.45) is 5.73 Å². The molecule has 0 spiro atoms. The molecule has 9 heteroatoms. The fraction of sp³-hybridized carbons (Fsp3) is 1.00. The summed E-state index contributed by atoms with van der Waals surface area (Å²) in [5, 5.41) is 0. The average molecular weight is 299 g/mol. The van der Waals surface area contributed by atoms with E-state index in [2.05, 4.69) is 0 Å². The van der Waals surface area contributed by atoms with Gasteiger partial charge in [0, 0.05) is 26.7 Å². The minimum Gasteiger partial charge on any atom is -0.330 e. The lowest BCUT2D eigenvalue weighted by Crippen LogP contribution is -2.43. The van der Waals surface area contributed by atoms with Gasteiger partial charge in [-0.1, -0.05) is 0 Å². The van der Waals surface area contributed by atoms with Crippen molar-refractivity contribution in [1.82, 2.24) is 8.61 Å². The van der Waals surface area contributed by atoms with Crippen molar-refractivity contribution in [3.8, 4) is 0 Å². The van der Waals surface area contributed by atoms with Crippen LogP contribution in [0, 0.1) is 0 Å². The Labute approximate surface area is 109 Å². The van der Waals surface area contributed by atoms with Crippen molar-refractivity contribution in [3.05, 3.63) is 0 Å². The van der Waals surface area contributed by atoms with E-state index in [0.29, 0.717) is 25.9 Å². The van der Waals surface area contributed by atoms with Crippen LogP contribution in [0.2, 0.25) is 0 Å². The smallest absolute Gasteiger partial charge is 0.281 e. The van der Waals surface area contributed by atoms with Crippen LogP contribution in [0.5, 0.6) is 0 Å². The van der Waals surface area contributed by atoms with E-state index in [9.17, 15) is 16.8 Å². The first-order valence-corrected chi connectivity index (χ1v) is 9.13. The third kappa shape index (κ3) is 4.16. The zero-order valence-electron chi connectivity index (χ0n) is 10.6. The highest BCUT2D eigenvalue weighted by Gasteiger charge is 2.30. The summed E-state index contributed by atoms with van der Waals surface area (Å²) in [5.41, 5.74) is 5.34. The fourth-order valence-electron chi connectivity index (χ4n) is 1.77. The summed E-state index contributed by atoms with van der Waals surface area (Å²) in [6, 6.07) is 0. The lowest BCUT2D eigenvalue weighted by Gasteiger charge is -2.25. The Hall–Kier alpha value is -0.220. The van der Waals surface area contributed by atoms with Crippen LogP contribution in [-0.4, -0.2) is 70.2 Å². The van der Waals surface area contributed by atoms with Gasteiger partial charge < -0.3 is 5.73 Å². The molecule has 0 aromatic heterocycles. The Bertz CT molecular complexity index is 460. The van der Waals surface area contributed by atoms with Gasteiger partial charge in [0.1, 0.15) is 0 Å². The number of sulfone groups is 1. The molecule has 0 amide bonds. The van der Waals surface area contributed by atoms with Gasteiger partial charge in [-0.2, -0.15) is 17.0 Å². The van der Waals surface area contributed by atoms with Gasteiger partial charge in [-0.25, -0.2) is 8.42 Å². The van der Waals surface area contributed by atoms with Crippen LogP contribution in [0.3, 0.4) is 0 Å². The molecule has 1 fully saturated rings. The molecular weight excluding hydrogens is 278 g/mol. The maximum atomic E-state index is 12.2. The van der Waals surface area contributed by atoms with Crippen LogP contribution < -0.4 is 5.73 Å². The van der Waals surface area contributed by atoms with Crippen molar-refractivity contribution in [2.75, 3.05) is 44.7 Å². The second-order valence-electron chi connectivity index (χ2n) is 4.38. The van der Waals surface area contributed by atoms with Crippen LogP contribution >= 0.6 is 0 Å². The highest BCUT2D eigenvalue weighted by atomic mass is 32.2. The SMILES string of the molecule is CN(CCCN)S(=O)(=O)N1CCCS(=O)(=O)CC1. The summed E-state index contributed by atoms with van der Waals surface area (Å²) in [7, 11) is -5.17. The largest absolute Gasteiger partial charge is 0.330 e. The first kappa shape index (κ1) is 15.8. The zero-order valence-corrected chi connectivity index (χ0v) is 12.2. The van der Waals surface area contributed by atoms with Crippen molar-refractivity contribution < 1.29 is 16.8 Å². The zero-order chi connectivity index (χ0) is 13.8. The van der Waals surface area contributed by atoms with Gasteiger partial charge in [0.15, 0.2) is 9.84 Å². The highest BCUT2D eigenvalue weighted by molar-refractivity contribution is 7.91. The van der Waals surface area contributed by atoms with E-state index in [1.165, 1.54) is 15.7 Å². The summed E-state index contributed by atoms with van der Waals surface area (Å²) in [6.45, 7) is 1.07. The van der Waals surface area contributed by atoms with Crippen LogP contribution in [0.1, 0.15) is 12.8 Å². The van der Waals surface area contributed by atoms with Gasteiger partial charge in [-0.3, -0.25) is 0 Å². The first-order valence-electron chi connectivity index (χ1n) is 5.91. The lowest BCUT2D eigenvalue weighted by molar-refractivity contribution is 0.370. The summed E-state index contributed by atoms with van der Waals surface area (Å²) in [4.78, 5) is 0. The quantitative estimate of drug-likeness (QED) is 0.675. The highest BCUT2D eigenvalue weighted by Crippen LogP contribution is 2.12. The molecule has 0 aliphatic carbocycles. The maximum Gasteiger partial charge on any atom is 0.281 e. The number of nitrogens with two attached hydrogens (primary N) is 1. The van der Waals surface area contributed by atoms with Crippen molar-refractivity contribution >= 4 is 20.0 Å². The van der Waals surface area contributed by atoms with E-state index in [1.54, 1.807) is 0 Å². The molecule has 7 nitrogen and oxygen atoms in total.